The number of aryl methyl sites for hydroxylation is 1. The van der Waals surface area contributed by atoms with E-state index in [0.717, 1.165) is 18.5 Å². The van der Waals surface area contributed by atoms with Gasteiger partial charge in [-0.15, -0.1) is 0 Å². The van der Waals surface area contributed by atoms with Crippen molar-refractivity contribution in [3.8, 4) is 5.75 Å². The Bertz CT molecular complexity index is 566. The van der Waals surface area contributed by atoms with Crippen LogP contribution in [0.2, 0.25) is 0 Å². The molecule has 19 heavy (non-hydrogen) atoms. The minimum absolute atomic E-state index is 0.0720. The zero-order valence-electron chi connectivity index (χ0n) is 10.7. The van der Waals surface area contributed by atoms with Gasteiger partial charge in [-0.3, -0.25) is 14.8 Å². The largest absolute Gasteiger partial charge is 0.486 e. The van der Waals surface area contributed by atoms with E-state index < -0.39 is 4.92 Å². The van der Waals surface area contributed by atoms with E-state index in [2.05, 4.69) is 12.0 Å². The van der Waals surface area contributed by atoms with E-state index >= 15 is 0 Å². The van der Waals surface area contributed by atoms with Crippen LogP contribution >= 0.6 is 0 Å². The van der Waals surface area contributed by atoms with E-state index in [1.54, 1.807) is 18.3 Å². The van der Waals surface area contributed by atoms with Crippen LogP contribution in [0.3, 0.4) is 0 Å². The third-order valence-corrected chi connectivity index (χ3v) is 2.59. The molecule has 2 rings (SSSR count). The van der Waals surface area contributed by atoms with Crippen molar-refractivity contribution in [2.45, 2.75) is 26.5 Å². The summed E-state index contributed by atoms with van der Waals surface area (Å²) in [5.74, 6) is 0.667. The summed E-state index contributed by atoms with van der Waals surface area (Å²) in [4.78, 5) is 10.2. The van der Waals surface area contributed by atoms with Crippen LogP contribution in [-0.4, -0.2) is 14.7 Å². The zero-order valence-corrected chi connectivity index (χ0v) is 10.7. The van der Waals surface area contributed by atoms with Gasteiger partial charge in [0.25, 0.3) is 5.69 Å². The van der Waals surface area contributed by atoms with Crippen LogP contribution in [0.25, 0.3) is 0 Å². The fourth-order valence-electron chi connectivity index (χ4n) is 1.70. The maximum atomic E-state index is 10.7. The first-order valence-electron chi connectivity index (χ1n) is 6.07. The van der Waals surface area contributed by atoms with Crippen LogP contribution < -0.4 is 4.74 Å². The molecule has 0 amide bonds. The minimum Gasteiger partial charge on any atom is -0.486 e. The van der Waals surface area contributed by atoms with E-state index in [1.807, 2.05) is 10.9 Å². The average molecular weight is 261 g/mol. The third kappa shape index (κ3) is 3.54. The fourth-order valence-corrected chi connectivity index (χ4v) is 1.70. The number of rotatable bonds is 6. The molecule has 0 N–H and O–H groups in total. The van der Waals surface area contributed by atoms with Crippen LogP contribution in [0.5, 0.6) is 5.75 Å². The summed E-state index contributed by atoms with van der Waals surface area (Å²) < 4.78 is 7.36. The number of benzene rings is 1. The zero-order chi connectivity index (χ0) is 13.7. The topological polar surface area (TPSA) is 70.2 Å². The summed E-state index contributed by atoms with van der Waals surface area (Å²) in [6, 6.07) is 6.42. The molecule has 0 saturated heterocycles. The molecule has 1 aromatic heterocycles. The Hall–Kier alpha value is -2.37. The molecule has 0 unspecified atom stereocenters. The molecule has 1 heterocycles. The van der Waals surface area contributed by atoms with E-state index in [1.165, 1.54) is 12.1 Å². The van der Waals surface area contributed by atoms with Crippen molar-refractivity contribution in [2.75, 3.05) is 0 Å². The fraction of sp³-hybridized carbons (Fsp3) is 0.308. The van der Waals surface area contributed by atoms with Gasteiger partial charge in [-0.2, -0.15) is 5.10 Å². The molecule has 0 saturated carbocycles. The maximum absolute atomic E-state index is 10.7. The van der Waals surface area contributed by atoms with Gasteiger partial charge in [-0.1, -0.05) is 19.1 Å². The molecule has 0 atom stereocenters. The molecule has 0 aliphatic rings. The van der Waals surface area contributed by atoms with Gasteiger partial charge in [-0.25, -0.2) is 0 Å². The Morgan fingerprint density at radius 2 is 2.32 bits per heavy atom. The first-order valence-corrected chi connectivity index (χ1v) is 6.07. The van der Waals surface area contributed by atoms with Crippen molar-refractivity contribution in [1.82, 2.24) is 9.78 Å². The molecule has 6 heteroatoms. The van der Waals surface area contributed by atoms with Crippen molar-refractivity contribution in [3.63, 3.8) is 0 Å². The summed E-state index contributed by atoms with van der Waals surface area (Å²) in [5, 5.41) is 14.8. The lowest BCUT2D eigenvalue weighted by atomic mass is 10.2. The second kappa shape index (κ2) is 5.99. The van der Waals surface area contributed by atoms with Gasteiger partial charge in [0.05, 0.1) is 17.3 Å². The van der Waals surface area contributed by atoms with Crippen LogP contribution in [0, 0.1) is 10.1 Å². The number of hydrogen-bond acceptors (Lipinski definition) is 4. The smallest absolute Gasteiger partial charge is 0.269 e. The molecule has 0 aliphatic heterocycles. The molecule has 0 fully saturated rings. The number of nitro groups is 1. The van der Waals surface area contributed by atoms with Crippen LogP contribution in [0.1, 0.15) is 18.9 Å². The van der Waals surface area contributed by atoms with Crippen molar-refractivity contribution in [3.05, 3.63) is 52.3 Å². The monoisotopic (exact) mass is 261 g/mol. The number of ether oxygens (including phenoxy) is 1. The number of nitro benzene ring substituents is 1. The average Bonchev–Trinajstić information content (AvgIpc) is 2.85. The molecular formula is C13H15N3O3. The SMILES string of the molecule is CCCn1cc(OCc2cccc([N+](=O)[O-])c2)cn1. The Morgan fingerprint density at radius 3 is 3.05 bits per heavy atom. The van der Waals surface area contributed by atoms with Gasteiger partial charge in [0.15, 0.2) is 5.75 Å². The number of aromatic nitrogens is 2. The number of hydrogen-bond donors (Lipinski definition) is 0. The van der Waals surface area contributed by atoms with Gasteiger partial charge in [0.2, 0.25) is 0 Å². The Morgan fingerprint density at radius 1 is 1.47 bits per heavy atom. The molecule has 6 nitrogen and oxygen atoms in total. The first-order chi connectivity index (χ1) is 9.19. The highest BCUT2D eigenvalue weighted by molar-refractivity contribution is 5.34. The van der Waals surface area contributed by atoms with Crippen LogP contribution in [0.4, 0.5) is 5.69 Å². The lowest BCUT2D eigenvalue weighted by Crippen LogP contribution is -1.97. The molecule has 0 aliphatic carbocycles. The van der Waals surface area contributed by atoms with Crippen molar-refractivity contribution >= 4 is 5.69 Å². The standard InChI is InChI=1S/C13H15N3O3/c1-2-6-15-9-13(8-14-15)19-10-11-4-3-5-12(7-11)16(17)18/h3-5,7-9H,2,6,10H2,1H3. The second-order valence-electron chi connectivity index (χ2n) is 4.15. The van der Waals surface area contributed by atoms with Crippen LogP contribution in [0.15, 0.2) is 36.7 Å². The van der Waals surface area contributed by atoms with E-state index in [4.69, 9.17) is 4.74 Å². The van der Waals surface area contributed by atoms with E-state index in [-0.39, 0.29) is 5.69 Å². The van der Waals surface area contributed by atoms with Gasteiger partial charge in [0.1, 0.15) is 6.61 Å². The van der Waals surface area contributed by atoms with E-state index in [9.17, 15) is 10.1 Å². The first kappa shape index (κ1) is 13.1. The molecule has 0 bridgehead atoms. The van der Waals surface area contributed by atoms with Gasteiger partial charge >= 0.3 is 0 Å². The Labute approximate surface area is 110 Å². The van der Waals surface area contributed by atoms with Crippen molar-refractivity contribution in [1.29, 1.82) is 0 Å². The third-order valence-electron chi connectivity index (χ3n) is 2.59. The van der Waals surface area contributed by atoms with Gasteiger partial charge < -0.3 is 4.74 Å². The highest BCUT2D eigenvalue weighted by Gasteiger charge is 2.06. The van der Waals surface area contributed by atoms with Gasteiger partial charge in [0, 0.05) is 18.7 Å². The molecule has 1 aromatic carbocycles. The van der Waals surface area contributed by atoms with Crippen LogP contribution in [-0.2, 0) is 13.2 Å². The van der Waals surface area contributed by atoms with Crippen molar-refractivity contribution < 1.29 is 9.66 Å². The predicted molar refractivity (Wildman–Crippen MR) is 69.9 cm³/mol. The molecule has 0 radical (unpaired) electrons. The lowest BCUT2D eigenvalue weighted by molar-refractivity contribution is -0.384. The second-order valence-corrected chi connectivity index (χ2v) is 4.15. The van der Waals surface area contributed by atoms with Gasteiger partial charge in [-0.05, 0) is 12.0 Å². The van der Waals surface area contributed by atoms with E-state index in [0.29, 0.717) is 12.4 Å². The quantitative estimate of drug-likeness (QED) is 0.592. The summed E-state index contributed by atoms with van der Waals surface area (Å²) in [6.07, 6.45) is 4.47. The molecular weight excluding hydrogens is 246 g/mol. The summed E-state index contributed by atoms with van der Waals surface area (Å²) >= 11 is 0. The Balaban J connectivity index is 1.97. The summed E-state index contributed by atoms with van der Waals surface area (Å²) in [7, 11) is 0. The normalized spacial score (nSPS) is 10.4. The highest BCUT2D eigenvalue weighted by Crippen LogP contribution is 2.16. The number of nitrogens with zero attached hydrogens (tertiary/aromatic N) is 3. The maximum Gasteiger partial charge on any atom is 0.269 e. The number of non-ortho nitro benzene ring substituents is 1. The lowest BCUT2D eigenvalue weighted by Gasteiger charge is -2.03. The van der Waals surface area contributed by atoms with Crippen molar-refractivity contribution in [2.24, 2.45) is 0 Å². The Kier molecular flexibility index (Phi) is 4.12. The molecule has 0 spiro atoms. The minimum atomic E-state index is -0.414. The predicted octanol–water partition coefficient (Wildman–Crippen LogP) is 2.78. The summed E-state index contributed by atoms with van der Waals surface area (Å²) in [6.45, 7) is 3.21. The molecule has 2 aromatic rings. The molecule has 100 valence electrons. The summed E-state index contributed by atoms with van der Waals surface area (Å²) in [5.41, 5.74) is 0.834. The highest BCUT2D eigenvalue weighted by atomic mass is 16.6.